The van der Waals surface area contributed by atoms with Gasteiger partial charge in [-0.3, -0.25) is 0 Å². The molecule has 0 atom stereocenters. The van der Waals surface area contributed by atoms with Gasteiger partial charge in [0, 0.05) is 55.4 Å². The summed E-state index contributed by atoms with van der Waals surface area (Å²) in [6.07, 6.45) is 0. The van der Waals surface area contributed by atoms with Gasteiger partial charge in [-0.1, -0.05) is 294 Å². The fourth-order valence-electron chi connectivity index (χ4n) is 15.7. The van der Waals surface area contributed by atoms with E-state index in [-0.39, 0.29) is 56.8 Å². The number of nitrogens with zero attached hydrogens (tertiary/aromatic N) is 3. The lowest BCUT2D eigenvalue weighted by Gasteiger charge is -2.46. The van der Waals surface area contributed by atoms with E-state index in [1.165, 1.54) is 38.6 Å². The van der Waals surface area contributed by atoms with Crippen molar-refractivity contribution >= 4 is 101 Å². The molecule has 16 rings (SSSR count). The highest BCUT2D eigenvalue weighted by atomic mass is 16.3. The standard InChI is InChI=1S/C96H94BN3O/c1-91(2,3)65-42-46-79-75(53-65)76-54-66(92(4,5)6)43-47-80(76)98(79)82-38-28-36-71-72-37-29-39-83(90(72)101-89(71)82)99-84-51-63(64-48-67(93(7,8)9)52-68(49-64)94(10,11)12)40-44-77(84)97-78-50-62(59-30-22-19-23-31-59)41-45-81(78)100(86-58-70(96(16,17)18)57-85(99)87(86)97)88-73(60-32-24-20-25-33-60)55-69(95(13,14)15)56-74(88)61-34-26-21-27-35-61/h19-58H,1-18H3/i19D,22D,23D,30D,31D. The van der Waals surface area contributed by atoms with Crippen LogP contribution in [0.15, 0.2) is 247 Å². The zero-order chi connectivity index (χ0) is 75.1. The molecule has 0 radical (unpaired) electrons. The molecule has 101 heavy (non-hydrogen) atoms. The Bertz CT molecular complexity index is 5790. The van der Waals surface area contributed by atoms with Crippen LogP contribution in [0.4, 0.5) is 34.1 Å². The minimum atomic E-state index is -0.468. The molecular formula is C96H94BN3O. The zero-order valence-electron chi connectivity index (χ0n) is 67.0. The monoisotopic (exact) mass is 1320 g/mol. The van der Waals surface area contributed by atoms with Crippen molar-refractivity contribution in [3.63, 3.8) is 0 Å². The number of anilines is 6. The molecule has 0 aliphatic carbocycles. The van der Waals surface area contributed by atoms with Crippen LogP contribution in [0.3, 0.4) is 0 Å². The van der Waals surface area contributed by atoms with Gasteiger partial charge in [0.2, 0.25) is 0 Å². The summed E-state index contributed by atoms with van der Waals surface area (Å²) in [7, 11) is 0. The van der Waals surface area contributed by atoms with Gasteiger partial charge >= 0.3 is 0 Å². The molecule has 0 saturated carbocycles. The third-order valence-electron chi connectivity index (χ3n) is 21.6. The highest BCUT2D eigenvalue weighted by Gasteiger charge is 2.46. The summed E-state index contributed by atoms with van der Waals surface area (Å²) in [5, 5.41) is 4.40. The SMILES string of the molecule is [2H]c1c([2H])c([2H])c(-c2ccc3c(c2)B2c4ccc(-c5cc(C(C)(C)C)cc(C(C)(C)C)c5)cc4N(c4cccc5c4oc4c(-n6c7ccc(C(C)(C)C)cc7c7cc(C(C)(C)C)ccc76)cccc45)c4cc(C(C)(C)C)cc(c42)N3c2c(-c3ccccc3)cc(C(C)(C)C)cc2-c2ccccc2)c([2H])c1[2H]. The first-order valence-electron chi connectivity index (χ1n) is 38.6. The van der Waals surface area contributed by atoms with Crippen LogP contribution in [0.1, 0.15) is 165 Å². The summed E-state index contributed by atoms with van der Waals surface area (Å²) >= 11 is 0. The number of para-hydroxylation sites is 2. The van der Waals surface area contributed by atoms with E-state index in [1.54, 1.807) is 0 Å². The average molecular weight is 1320 g/mol. The third-order valence-corrected chi connectivity index (χ3v) is 21.6. The van der Waals surface area contributed by atoms with Crippen molar-refractivity contribution in [2.24, 2.45) is 0 Å². The van der Waals surface area contributed by atoms with Gasteiger partial charge in [0.15, 0.2) is 11.2 Å². The Morgan fingerprint density at radius 2 is 0.762 bits per heavy atom. The highest BCUT2D eigenvalue weighted by Crippen LogP contribution is 2.54. The lowest BCUT2D eigenvalue weighted by atomic mass is 9.33. The maximum absolute atomic E-state index is 9.58. The van der Waals surface area contributed by atoms with Gasteiger partial charge in [-0.15, -0.1) is 0 Å². The Balaban J connectivity index is 1.06. The molecule has 2 aromatic heterocycles. The Morgan fingerprint density at radius 1 is 0.297 bits per heavy atom. The fraction of sp³-hybridized carbons (Fsp3) is 0.250. The van der Waals surface area contributed by atoms with Crippen molar-refractivity contribution in [1.29, 1.82) is 0 Å². The lowest BCUT2D eigenvalue weighted by Crippen LogP contribution is -2.61. The molecule has 12 aromatic carbocycles. The normalized spacial score (nSPS) is 14.3. The number of fused-ring (bicyclic) bond motifs is 10. The molecule has 5 heteroatoms. The number of benzene rings is 12. The van der Waals surface area contributed by atoms with E-state index in [1.807, 2.05) is 6.07 Å². The molecule has 0 unspecified atom stereocenters. The summed E-state index contributed by atoms with van der Waals surface area (Å²) in [5.74, 6) is 0. The number of hydrogen-bond acceptors (Lipinski definition) is 3. The minimum absolute atomic E-state index is 0.0720. The first-order valence-corrected chi connectivity index (χ1v) is 36.1. The molecule has 4 heterocycles. The van der Waals surface area contributed by atoms with E-state index in [4.69, 9.17) is 8.53 Å². The Hall–Kier alpha value is -10.1. The van der Waals surface area contributed by atoms with Crippen LogP contribution in [-0.4, -0.2) is 11.3 Å². The van der Waals surface area contributed by atoms with E-state index in [2.05, 4.69) is 345 Å². The molecule has 0 saturated heterocycles. The van der Waals surface area contributed by atoms with Crippen molar-refractivity contribution in [3.05, 3.63) is 276 Å². The van der Waals surface area contributed by atoms with Gasteiger partial charge in [-0.25, -0.2) is 0 Å². The molecule has 2 aliphatic rings. The molecule has 4 nitrogen and oxygen atoms in total. The lowest BCUT2D eigenvalue weighted by molar-refractivity contribution is 0.569. The number of furan rings is 1. The van der Waals surface area contributed by atoms with Crippen molar-refractivity contribution in [2.45, 2.75) is 157 Å². The van der Waals surface area contributed by atoms with E-state index in [0.717, 1.165) is 128 Å². The first-order chi connectivity index (χ1) is 49.9. The second-order valence-electron chi connectivity index (χ2n) is 34.7. The van der Waals surface area contributed by atoms with Crippen LogP contribution in [0.25, 0.3) is 93.9 Å². The largest absolute Gasteiger partial charge is 0.452 e. The van der Waals surface area contributed by atoms with Gasteiger partial charge in [0.05, 0.1) is 34.9 Å². The third kappa shape index (κ3) is 11.1. The molecule has 0 N–H and O–H groups in total. The second-order valence-corrected chi connectivity index (χ2v) is 34.7. The molecule has 0 spiro atoms. The molecule has 2 aliphatic heterocycles. The van der Waals surface area contributed by atoms with Crippen LogP contribution >= 0.6 is 0 Å². The van der Waals surface area contributed by atoms with Crippen LogP contribution in [0.2, 0.25) is 0 Å². The Morgan fingerprint density at radius 3 is 1.29 bits per heavy atom. The topological polar surface area (TPSA) is 24.6 Å². The summed E-state index contributed by atoms with van der Waals surface area (Å²) in [4.78, 5) is 5.02. The van der Waals surface area contributed by atoms with Crippen LogP contribution in [0, 0.1) is 0 Å². The summed E-state index contributed by atoms with van der Waals surface area (Å²) < 4.78 is 56.4. The molecule has 14 aromatic rings. The molecule has 0 amide bonds. The van der Waals surface area contributed by atoms with E-state index in [0.29, 0.717) is 5.56 Å². The predicted octanol–water partition coefficient (Wildman–Crippen LogP) is 25.2. The summed E-state index contributed by atoms with van der Waals surface area (Å²) in [6, 6.07) is 77.4. The maximum Gasteiger partial charge on any atom is 0.252 e. The van der Waals surface area contributed by atoms with E-state index < -0.39 is 18.2 Å². The number of aromatic nitrogens is 1. The summed E-state index contributed by atoms with van der Waals surface area (Å²) in [5.41, 5.74) is 26.9. The smallest absolute Gasteiger partial charge is 0.252 e. The van der Waals surface area contributed by atoms with E-state index in [9.17, 15) is 2.74 Å². The van der Waals surface area contributed by atoms with Gasteiger partial charge in [-0.05, 0) is 188 Å². The first kappa shape index (κ1) is 59.7. The maximum atomic E-state index is 9.58. The van der Waals surface area contributed by atoms with Crippen molar-refractivity contribution < 1.29 is 11.3 Å². The highest BCUT2D eigenvalue weighted by molar-refractivity contribution is 7.00. The average Bonchev–Trinajstić information content (AvgIpc) is 0.731. The summed E-state index contributed by atoms with van der Waals surface area (Å²) in [6.45, 7) is 40.9. The number of rotatable bonds is 7. The molecule has 0 bridgehead atoms. The second kappa shape index (κ2) is 23.2. The van der Waals surface area contributed by atoms with Gasteiger partial charge in [0.1, 0.15) is 0 Å². The van der Waals surface area contributed by atoms with Crippen LogP contribution < -0.4 is 26.2 Å². The quantitative estimate of drug-likeness (QED) is 0.149. The van der Waals surface area contributed by atoms with Gasteiger partial charge < -0.3 is 18.8 Å². The van der Waals surface area contributed by atoms with Crippen LogP contribution in [-0.2, 0) is 32.5 Å². The van der Waals surface area contributed by atoms with Crippen molar-refractivity contribution in [3.8, 4) is 50.2 Å². The molecular weight excluding hydrogens is 1220 g/mol. The zero-order valence-corrected chi connectivity index (χ0v) is 62.0. The number of hydrogen-bond donors (Lipinski definition) is 0. The Kier molecular flexibility index (Phi) is 13.7. The van der Waals surface area contributed by atoms with Crippen molar-refractivity contribution in [1.82, 2.24) is 4.57 Å². The van der Waals surface area contributed by atoms with Gasteiger partial charge in [-0.2, -0.15) is 0 Å². The van der Waals surface area contributed by atoms with Crippen LogP contribution in [0.5, 0.6) is 0 Å². The molecule has 502 valence electrons. The van der Waals surface area contributed by atoms with Crippen molar-refractivity contribution in [2.75, 3.05) is 9.80 Å². The minimum Gasteiger partial charge on any atom is -0.452 e. The van der Waals surface area contributed by atoms with Gasteiger partial charge in [0.25, 0.3) is 6.71 Å². The Labute approximate surface area is 606 Å². The predicted molar refractivity (Wildman–Crippen MR) is 436 cm³/mol. The van der Waals surface area contributed by atoms with E-state index >= 15 is 0 Å². The fourth-order valence-corrected chi connectivity index (χ4v) is 15.7. The molecule has 0 fully saturated rings.